The number of fused-ring (bicyclic) bond motifs is 1. The van der Waals surface area contributed by atoms with Gasteiger partial charge in [0.25, 0.3) is 0 Å². The lowest BCUT2D eigenvalue weighted by atomic mass is 10.2. The fourth-order valence-electron chi connectivity index (χ4n) is 2.54. The maximum Gasteiger partial charge on any atom is 0.235 e. The van der Waals surface area contributed by atoms with Crippen LogP contribution in [-0.4, -0.2) is 21.6 Å². The van der Waals surface area contributed by atoms with Gasteiger partial charge in [-0.15, -0.1) is 0 Å². The molecule has 0 aliphatic carbocycles. The van der Waals surface area contributed by atoms with Gasteiger partial charge in [0.2, 0.25) is 5.95 Å². The number of aryl methyl sites for hydroxylation is 3. The second-order valence-electron chi connectivity index (χ2n) is 5.06. The number of rotatable bonds is 2. The SMILES string of the molecule is COc1cc(Br)cc2c(C)nc(-n3c(C)ccc3C)nc12. The Labute approximate surface area is 131 Å². The summed E-state index contributed by atoms with van der Waals surface area (Å²) in [6.07, 6.45) is 0. The number of hydrogen-bond donors (Lipinski definition) is 0. The van der Waals surface area contributed by atoms with E-state index in [1.165, 1.54) is 0 Å². The molecule has 3 aromatic rings. The van der Waals surface area contributed by atoms with E-state index >= 15 is 0 Å². The molecule has 0 atom stereocenters. The number of aromatic nitrogens is 3. The van der Waals surface area contributed by atoms with Gasteiger partial charge in [-0.2, -0.15) is 0 Å². The molecule has 0 bridgehead atoms. The summed E-state index contributed by atoms with van der Waals surface area (Å²) < 4.78 is 8.47. The van der Waals surface area contributed by atoms with Crippen LogP contribution in [0.5, 0.6) is 5.75 Å². The summed E-state index contributed by atoms with van der Waals surface area (Å²) in [7, 11) is 1.66. The Hall–Kier alpha value is -1.88. The maximum atomic E-state index is 5.47. The Bertz CT molecular complexity index is 820. The molecule has 0 saturated heterocycles. The first kappa shape index (κ1) is 14.1. The fourth-order valence-corrected chi connectivity index (χ4v) is 2.98. The average molecular weight is 346 g/mol. The lowest BCUT2D eigenvalue weighted by Crippen LogP contribution is -2.06. The Morgan fingerprint density at radius 1 is 1.05 bits per heavy atom. The fraction of sp³-hybridized carbons (Fsp3) is 0.250. The Kier molecular flexibility index (Phi) is 3.45. The van der Waals surface area contributed by atoms with Gasteiger partial charge in [-0.25, -0.2) is 9.97 Å². The van der Waals surface area contributed by atoms with Crippen molar-refractivity contribution in [2.24, 2.45) is 0 Å². The third-order valence-corrected chi connectivity index (χ3v) is 4.06. The van der Waals surface area contributed by atoms with Gasteiger partial charge in [-0.05, 0) is 45.0 Å². The highest BCUT2D eigenvalue weighted by Gasteiger charge is 2.13. The minimum Gasteiger partial charge on any atom is -0.494 e. The topological polar surface area (TPSA) is 39.9 Å². The zero-order valence-corrected chi connectivity index (χ0v) is 14.0. The van der Waals surface area contributed by atoms with Gasteiger partial charge in [0, 0.05) is 21.2 Å². The van der Waals surface area contributed by atoms with Crippen LogP contribution >= 0.6 is 15.9 Å². The molecule has 0 unspecified atom stereocenters. The van der Waals surface area contributed by atoms with Crippen molar-refractivity contribution in [3.63, 3.8) is 0 Å². The summed E-state index contributed by atoms with van der Waals surface area (Å²) in [5.41, 5.74) is 3.99. The van der Waals surface area contributed by atoms with Crippen LogP contribution in [-0.2, 0) is 0 Å². The van der Waals surface area contributed by atoms with E-state index in [1.807, 2.05) is 23.6 Å². The summed E-state index contributed by atoms with van der Waals surface area (Å²) in [5.74, 6) is 1.43. The van der Waals surface area contributed by atoms with Gasteiger partial charge in [-0.1, -0.05) is 15.9 Å². The normalized spacial score (nSPS) is 11.1. The molecule has 4 nitrogen and oxygen atoms in total. The highest BCUT2D eigenvalue weighted by molar-refractivity contribution is 9.10. The molecule has 0 radical (unpaired) electrons. The first-order valence-corrected chi connectivity index (χ1v) is 7.47. The van der Waals surface area contributed by atoms with E-state index in [4.69, 9.17) is 9.72 Å². The van der Waals surface area contributed by atoms with E-state index in [-0.39, 0.29) is 0 Å². The van der Waals surface area contributed by atoms with E-state index in [2.05, 4.69) is 46.9 Å². The predicted octanol–water partition coefficient (Wildman–Crippen LogP) is 4.12. The van der Waals surface area contributed by atoms with Crippen molar-refractivity contribution in [3.05, 3.63) is 45.8 Å². The van der Waals surface area contributed by atoms with Crippen LogP contribution in [0, 0.1) is 20.8 Å². The standard InChI is InChI=1S/C16H16BrN3O/c1-9-5-6-10(2)20(9)16-18-11(3)13-7-12(17)8-14(21-4)15(13)19-16/h5-8H,1-4H3. The van der Waals surface area contributed by atoms with E-state index < -0.39 is 0 Å². The Morgan fingerprint density at radius 3 is 2.33 bits per heavy atom. The van der Waals surface area contributed by atoms with E-state index in [0.717, 1.165) is 38.2 Å². The molecule has 3 rings (SSSR count). The summed E-state index contributed by atoms with van der Waals surface area (Å²) >= 11 is 3.50. The molecule has 0 aliphatic heterocycles. The molecule has 2 heterocycles. The number of ether oxygens (including phenoxy) is 1. The average Bonchev–Trinajstić information content (AvgIpc) is 2.78. The highest BCUT2D eigenvalue weighted by atomic mass is 79.9. The van der Waals surface area contributed by atoms with Gasteiger partial charge in [-0.3, -0.25) is 4.57 Å². The van der Waals surface area contributed by atoms with Crippen molar-refractivity contribution < 1.29 is 4.74 Å². The van der Waals surface area contributed by atoms with Gasteiger partial charge >= 0.3 is 0 Å². The monoisotopic (exact) mass is 345 g/mol. The summed E-state index contributed by atoms with van der Waals surface area (Å²) in [6, 6.07) is 8.08. The molecule has 0 spiro atoms. The molecule has 5 heteroatoms. The van der Waals surface area contributed by atoms with E-state index in [1.54, 1.807) is 7.11 Å². The van der Waals surface area contributed by atoms with Crippen LogP contribution in [0.1, 0.15) is 17.1 Å². The minimum absolute atomic E-state index is 0.681. The summed E-state index contributed by atoms with van der Waals surface area (Å²) in [5, 5.41) is 0.993. The third kappa shape index (κ3) is 2.31. The number of hydrogen-bond acceptors (Lipinski definition) is 3. The molecule has 1 aromatic carbocycles. The van der Waals surface area contributed by atoms with Crippen molar-refractivity contribution >= 4 is 26.8 Å². The van der Waals surface area contributed by atoms with Crippen LogP contribution < -0.4 is 4.74 Å². The van der Waals surface area contributed by atoms with Crippen molar-refractivity contribution in [1.82, 2.24) is 14.5 Å². The quantitative estimate of drug-likeness (QED) is 0.701. The van der Waals surface area contributed by atoms with Crippen LogP contribution in [0.2, 0.25) is 0 Å². The molecule has 108 valence electrons. The summed E-state index contributed by atoms with van der Waals surface area (Å²) in [4.78, 5) is 9.38. The highest BCUT2D eigenvalue weighted by Crippen LogP contribution is 2.31. The third-order valence-electron chi connectivity index (χ3n) is 3.60. The minimum atomic E-state index is 0.681. The number of benzene rings is 1. The zero-order chi connectivity index (χ0) is 15.1. The van der Waals surface area contributed by atoms with Crippen molar-refractivity contribution in [3.8, 4) is 11.7 Å². The van der Waals surface area contributed by atoms with E-state index in [9.17, 15) is 0 Å². The molecule has 0 N–H and O–H groups in total. The van der Waals surface area contributed by atoms with Crippen LogP contribution in [0.25, 0.3) is 16.9 Å². The smallest absolute Gasteiger partial charge is 0.235 e. The van der Waals surface area contributed by atoms with Gasteiger partial charge in [0.05, 0.1) is 12.8 Å². The number of halogens is 1. The van der Waals surface area contributed by atoms with Crippen LogP contribution in [0.3, 0.4) is 0 Å². The Balaban J connectivity index is 2.35. The van der Waals surface area contributed by atoms with Crippen molar-refractivity contribution in [1.29, 1.82) is 0 Å². The first-order chi connectivity index (χ1) is 10.0. The van der Waals surface area contributed by atoms with Gasteiger partial charge in [0.15, 0.2) is 0 Å². The second kappa shape index (κ2) is 5.15. The zero-order valence-electron chi connectivity index (χ0n) is 12.4. The van der Waals surface area contributed by atoms with Gasteiger partial charge in [0.1, 0.15) is 11.3 Å². The van der Waals surface area contributed by atoms with Crippen molar-refractivity contribution in [2.75, 3.05) is 7.11 Å². The van der Waals surface area contributed by atoms with E-state index in [0.29, 0.717) is 5.95 Å². The largest absolute Gasteiger partial charge is 0.494 e. The molecular weight excluding hydrogens is 330 g/mol. The lowest BCUT2D eigenvalue weighted by molar-refractivity contribution is 0.418. The van der Waals surface area contributed by atoms with Crippen molar-refractivity contribution in [2.45, 2.75) is 20.8 Å². The molecular formula is C16H16BrN3O. The first-order valence-electron chi connectivity index (χ1n) is 6.68. The van der Waals surface area contributed by atoms with Gasteiger partial charge < -0.3 is 4.74 Å². The second-order valence-corrected chi connectivity index (χ2v) is 5.98. The molecule has 2 aromatic heterocycles. The molecule has 0 fully saturated rings. The molecule has 0 amide bonds. The predicted molar refractivity (Wildman–Crippen MR) is 87.3 cm³/mol. The number of nitrogens with zero attached hydrogens (tertiary/aromatic N) is 3. The summed E-state index contributed by atoms with van der Waals surface area (Å²) in [6.45, 7) is 6.09. The Morgan fingerprint density at radius 2 is 1.71 bits per heavy atom. The maximum absolute atomic E-state index is 5.47. The number of methoxy groups -OCH3 is 1. The lowest BCUT2D eigenvalue weighted by Gasteiger charge is -2.12. The van der Waals surface area contributed by atoms with Crippen LogP contribution in [0.4, 0.5) is 0 Å². The molecule has 21 heavy (non-hydrogen) atoms. The molecule has 0 saturated carbocycles. The molecule has 0 aliphatic rings. The van der Waals surface area contributed by atoms with Crippen LogP contribution in [0.15, 0.2) is 28.7 Å².